The number of hydrogen-bond acceptors (Lipinski definition) is 2. The van der Waals surface area contributed by atoms with E-state index in [0.717, 1.165) is 58.4 Å². The van der Waals surface area contributed by atoms with Crippen molar-refractivity contribution in [3.63, 3.8) is 0 Å². The minimum absolute atomic E-state index is 0.162. The molecule has 0 aromatic heterocycles. The molecular formula is C21H34N4O2+2. The molecule has 0 bridgehead atoms. The zero-order valence-electron chi connectivity index (χ0n) is 16.4. The molecule has 1 saturated heterocycles. The second-order valence-electron chi connectivity index (χ2n) is 8.09. The summed E-state index contributed by atoms with van der Waals surface area (Å²) < 4.78 is 0. The van der Waals surface area contributed by atoms with Crippen LogP contribution in [0.2, 0.25) is 0 Å². The number of hydrogen-bond donors (Lipinski definition) is 4. The largest absolute Gasteiger partial charge is 0.335 e. The number of quaternary nitrogens is 2. The number of urea groups is 1. The quantitative estimate of drug-likeness (QED) is 0.562. The van der Waals surface area contributed by atoms with E-state index in [1.165, 1.54) is 16.9 Å². The molecule has 1 heterocycles. The summed E-state index contributed by atoms with van der Waals surface area (Å²) >= 11 is 0. The molecule has 3 amide bonds. The predicted molar refractivity (Wildman–Crippen MR) is 105 cm³/mol. The zero-order chi connectivity index (χ0) is 19.1. The van der Waals surface area contributed by atoms with Gasteiger partial charge in [-0.05, 0) is 19.8 Å². The lowest BCUT2D eigenvalue weighted by Gasteiger charge is -2.32. The van der Waals surface area contributed by atoms with Crippen LogP contribution in [0.4, 0.5) is 4.79 Å². The van der Waals surface area contributed by atoms with Crippen LogP contribution in [0.3, 0.4) is 0 Å². The lowest BCUT2D eigenvalue weighted by Crippen LogP contribution is -3.29. The standard InChI is InChI=1S/C21H32N4O2/c1-17(20(26)23-21(27)22-19-10-6-3-7-11-19)25-14-12-24(13-15-25)16-18-8-4-2-5-9-18/h2,4-5,8-9,17,19H,3,6-7,10-16H2,1H3,(H2,22,23,26,27)/p+2/t17-/m1/s1. The molecule has 2 aliphatic rings. The van der Waals surface area contributed by atoms with E-state index >= 15 is 0 Å². The highest BCUT2D eigenvalue weighted by atomic mass is 16.2. The van der Waals surface area contributed by atoms with E-state index in [1.807, 2.05) is 13.0 Å². The van der Waals surface area contributed by atoms with Gasteiger partial charge in [-0.25, -0.2) is 4.79 Å². The van der Waals surface area contributed by atoms with Crippen molar-refractivity contribution in [2.45, 2.75) is 57.7 Å². The maximum atomic E-state index is 12.5. The Morgan fingerprint density at radius 3 is 2.37 bits per heavy atom. The number of nitrogens with one attached hydrogen (secondary N) is 4. The summed E-state index contributed by atoms with van der Waals surface area (Å²) in [5.74, 6) is -0.162. The molecule has 1 atom stereocenters. The van der Waals surface area contributed by atoms with Gasteiger partial charge in [0, 0.05) is 11.6 Å². The fourth-order valence-corrected chi connectivity index (χ4v) is 4.29. The van der Waals surface area contributed by atoms with Gasteiger partial charge in [-0.2, -0.15) is 0 Å². The van der Waals surface area contributed by atoms with Crippen LogP contribution in [-0.4, -0.2) is 50.2 Å². The Hall–Kier alpha value is -1.92. The fourth-order valence-electron chi connectivity index (χ4n) is 4.29. The van der Waals surface area contributed by atoms with Crippen molar-refractivity contribution >= 4 is 11.9 Å². The first-order valence-electron chi connectivity index (χ1n) is 10.5. The molecule has 6 heteroatoms. The van der Waals surface area contributed by atoms with Crippen LogP contribution in [0.15, 0.2) is 30.3 Å². The van der Waals surface area contributed by atoms with Gasteiger partial charge in [-0.1, -0.05) is 49.6 Å². The van der Waals surface area contributed by atoms with Gasteiger partial charge in [0.2, 0.25) is 0 Å². The molecule has 6 nitrogen and oxygen atoms in total. The average Bonchev–Trinajstić information content (AvgIpc) is 2.69. The van der Waals surface area contributed by atoms with Crippen molar-refractivity contribution in [2.24, 2.45) is 0 Å². The van der Waals surface area contributed by atoms with Crippen LogP contribution >= 0.6 is 0 Å². The van der Waals surface area contributed by atoms with Crippen LogP contribution < -0.4 is 20.4 Å². The van der Waals surface area contributed by atoms with E-state index in [-0.39, 0.29) is 24.0 Å². The number of amides is 3. The van der Waals surface area contributed by atoms with Crippen molar-refractivity contribution in [1.82, 2.24) is 10.6 Å². The number of piperazine rings is 1. The Balaban J connectivity index is 1.39. The van der Waals surface area contributed by atoms with E-state index < -0.39 is 0 Å². The van der Waals surface area contributed by atoms with Crippen LogP contribution in [-0.2, 0) is 11.3 Å². The van der Waals surface area contributed by atoms with Gasteiger partial charge in [0.05, 0.1) is 0 Å². The van der Waals surface area contributed by atoms with E-state index in [9.17, 15) is 9.59 Å². The summed E-state index contributed by atoms with van der Waals surface area (Å²) in [7, 11) is 0. The first-order valence-corrected chi connectivity index (χ1v) is 10.5. The summed E-state index contributed by atoms with van der Waals surface area (Å²) in [6, 6.07) is 10.3. The molecule has 1 saturated carbocycles. The second kappa shape index (κ2) is 9.85. The van der Waals surface area contributed by atoms with Gasteiger partial charge in [0.1, 0.15) is 32.7 Å². The Labute approximate surface area is 162 Å². The third kappa shape index (κ3) is 6.04. The lowest BCUT2D eigenvalue weighted by molar-refractivity contribution is -1.02. The molecular weight excluding hydrogens is 340 g/mol. The first kappa shape index (κ1) is 19.8. The second-order valence-corrected chi connectivity index (χ2v) is 8.09. The van der Waals surface area contributed by atoms with Crippen LogP contribution in [0, 0.1) is 0 Å². The van der Waals surface area contributed by atoms with E-state index in [0.29, 0.717) is 0 Å². The summed E-state index contributed by atoms with van der Waals surface area (Å²) in [6.07, 6.45) is 5.62. The number of imide groups is 1. The smallest absolute Gasteiger partial charge is 0.321 e. The molecule has 1 aromatic carbocycles. The summed E-state index contributed by atoms with van der Waals surface area (Å²) in [4.78, 5) is 27.4. The van der Waals surface area contributed by atoms with Gasteiger partial charge < -0.3 is 15.1 Å². The molecule has 3 rings (SSSR count). The number of rotatable bonds is 5. The average molecular weight is 375 g/mol. The molecule has 1 aromatic rings. The van der Waals surface area contributed by atoms with Gasteiger partial charge in [0.15, 0.2) is 6.04 Å². The SMILES string of the molecule is C[C@H](C(=O)NC(=O)NC1CCCCC1)[NH+]1CC[NH+](Cc2ccccc2)CC1. The molecule has 4 N–H and O–H groups in total. The maximum absolute atomic E-state index is 12.5. The van der Waals surface area contributed by atoms with Crippen LogP contribution in [0.1, 0.15) is 44.6 Å². The molecule has 2 fully saturated rings. The highest BCUT2D eigenvalue weighted by Crippen LogP contribution is 2.17. The van der Waals surface area contributed by atoms with E-state index in [4.69, 9.17) is 0 Å². The van der Waals surface area contributed by atoms with E-state index in [1.54, 1.807) is 4.90 Å². The summed E-state index contributed by atoms with van der Waals surface area (Å²) in [5.41, 5.74) is 1.36. The van der Waals surface area contributed by atoms with E-state index in [2.05, 4.69) is 34.9 Å². The minimum Gasteiger partial charge on any atom is -0.335 e. The third-order valence-electron chi connectivity index (χ3n) is 6.08. The summed E-state index contributed by atoms with van der Waals surface area (Å²) in [6.45, 7) is 6.99. The molecule has 1 aliphatic heterocycles. The predicted octanol–water partition coefficient (Wildman–Crippen LogP) is -0.483. The topological polar surface area (TPSA) is 67.1 Å². The molecule has 148 valence electrons. The first-order chi connectivity index (χ1) is 13.1. The highest BCUT2D eigenvalue weighted by molar-refractivity contribution is 5.96. The van der Waals surface area contributed by atoms with Gasteiger partial charge in [-0.3, -0.25) is 10.1 Å². The number of carbonyl (C=O) groups excluding carboxylic acids is 2. The maximum Gasteiger partial charge on any atom is 0.321 e. The Bertz CT molecular complexity index is 608. The van der Waals surface area contributed by atoms with Crippen molar-refractivity contribution in [2.75, 3.05) is 26.2 Å². The monoisotopic (exact) mass is 374 g/mol. The molecule has 0 unspecified atom stereocenters. The number of benzene rings is 1. The lowest BCUT2D eigenvalue weighted by atomic mass is 9.96. The summed E-state index contributed by atoms with van der Waals surface area (Å²) in [5, 5.41) is 5.52. The molecule has 0 radical (unpaired) electrons. The van der Waals surface area contributed by atoms with Gasteiger partial charge in [0.25, 0.3) is 5.91 Å². The minimum atomic E-state index is -0.327. The van der Waals surface area contributed by atoms with Crippen molar-refractivity contribution in [3.05, 3.63) is 35.9 Å². The van der Waals surface area contributed by atoms with Gasteiger partial charge in [-0.15, -0.1) is 0 Å². The van der Waals surface area contributed by atoms with Crippen LogP contribution in [0.25, 0.3) is 0 Å². The third-order valence-corrected chi connectivity index (χ3v) is 6.08. The van der Waals surface area contributed by atoms with Gasteiger partial charge >= 0.3 is 6.03 Å². The molecule has 27 heavy (non-hydrogen) atoms. The molecule has 0 spiro atoms. The Morgan fingerprint density at radius 2 is 1.70 bits per heavy atom. The van der Waals surface area contributed by atoms with Crippen molar-refractivity contribution < 1.29 is 19.4 Å². The Morgan fingerprint density at radius 1 is 1.04 bits per heavy atom. The molecule has 1 aliphatic carbocycles. The van der Waals surface area contributed by atoms with Crippen molar-refractivity contribution in [3.8, 4) is 0 Å². The van der Waals surface area contributed by atoms with Crippen LogP contribution in [0.5, 0.6) is 0 Å². The highest BCUT2D eigenvalue weighted by Gasteiger charge is 2.32. The fraction of sp³-hybridized carbons (Fsp3) is 0.619. The normalized spacial score (nSPS) is 24.8. The number of carbonyl (C=O) groups is 2. The zero-order valence-corrected chi connectivity index (χ0v) is 16.4. The van der Waals surface area contributed by atoms with Crippen molar-refractivity contribution in [1.29, 1.82) is 0 Å². The Kier molecular flexibility index (Phi) is 7.24.